The number of aryl methyl sites for hydroxylation is 3. The molecule has 0 unspecified atom stereocenters. The number of alkyl halides is 6. The van der Waals surface area contributed by atoms with E-state index in [0.717, 1.165) is 102 Å². The molecule has 0 fully saturated rings. The molecule has 9 heterocycles. The summed E-state index contributed by atoms with van der Waals surface area (Å²) in [6, 6.07) is 90.1. The van der Waals surface area contributed by atoms with Crippen LogP contribution in [0, 0.1) is 43.4 Å². The Morgan fingerprint density at radius 2 is 0.560 bits per heavy atom. The first kappa shape index (κ1) is 97.0. The molecule has 0 radical (unpaired) electrons. The lowest BCUT2D eigenvalue weighted by atomic mass is 9.99. The van der Waals surface area contributed by atoms with Crippen LogP contribution < -0.4 is 18.9 Å². The average Bonchev–Trinajstić information content (AvgIpc) is 1.65. The maximum atomic E-state index is 13.4. The third kappa shape index (κ3) is 25.2. The highest BCUT2D eigenvalue weighted by molar-refractivity contribution is 5.75. The van der Waals surface area contributed by atoms with Gasteiger partial charge in [0.25, 0.3) is 35.3 Å². The molecule has 0 aliphatic carbocycles. The zero-order chi connectivity index (χ0) is 98.6. The lowest BCUT2D eigenvalue weighted by Gasteiger charge is -2.11. The second-order valence-corrected chi connectivity index (χ2v) is 30.5. The Bertz CT molecular complexity index is 7620. The van der Waals surface area contributed by atoms with Crippen LogP contribution in [-0.2, 0) is 12.4 Å². The second-order valence-electron chi connectivity index (χ2n) is 30.5. The monoisotopic (exact) mass is 1890 g/mol. The van der Waals surface area contributed by atoms with Crippen molar-refractivity contribution in [2.75, 3.05) is 26.4 Å². The van der Waals surface area contributed by atoms with Gasteiger partial charge in [-0.15, -0.1) is 0 Å². The van der Waals surface area contributed by atoms with E-state index in [9.17, 15) is 26.3 Å². The first-order valence-electron chi connectivity index (χ1n) is 43.9. The summed E-state index contributed by atoms with van der Waals surface area (Å²) in [5, 5.41) is 41.6. The lowest BCUT2D eigenvalue weighted by molar-refractivity contribution is -0.138. The van der Waals surface area contributed by atoms with E-state index in [1.165, 1.54) is 18.5 Å². The van der Waals surface area contributed by atoms with Gasteiger partial charge in [0.1, 0.15) is 0 Å². The zero-order valence-corrected chi connectivity index (χ0v) is 76.5. The standard InChI is InChI=1S/C22H15F3N2O.C19H13N3O.C19H20N2O3.C18H18N2O3.C15H7F3N4O.C15H10N4O/c1-14-7-5-6-10-19(14)20-26-21(28-27-20)17-11-16(15-8-3-2-4-9-15)12-18(13-17)22(23,24)25;1-2-5-14(6-3-1)16-7-4-8-17(13-16)19-21-18(22-23-19)15-9-11-20-12-10-15;1-4-22-16-11-10-14(12-17(16)23-5-2)19-20-18(21-24-19)15-9-7-6-8-13(15)3;1-3-21-15-11-10-14(12-16(15)22-4-2)18-19-17(20-23-18)13-8-6-5-7-9-13;16-15(17,18)12-6-9(8-19)5-11(7-12)14-21-13(22-23-14)10-1-3-20-4-2-10;1-10-8-12(2-3-13(10)9-16)15-18-14(19-20-15)11-4-6-17-7-5-11/h2-13H,1H3;1-13H;6-12H,4-5H2,1-3H3;5-12H,3-4H2,1-2H3;1-7H;2-8H,1H3. The fraction of sp³-hybridized carbons (Fsp3) is 0.120. The van der Waals surface area contributed by atoms with Gasteiger partial charge in [-0.25, -0.2) is 0 Å². The fourth-order valence-corrected chi connectivity index (χ4v) is 13.9. The summed E-state index contributed by atoms with van der Waals surface area (Å²) in [5.74, 6) is 7.34. The van der Waals surface area contributed by atoms with Gasteiger partial charge in [-0.1, -0.05) is 183 Å². The third-order valence-electron chi connectivity index (χ3n) is 20.8. The summed E-state index contributed by atoms with van der Waals surface area (Å²) in [6.45, 7) is 15.8. The third-order valence-corrected chi connectivity index (χ3v) is 20.8. The van der Waals surface area contributed by atoms with E-state index in [-0.39, 0.29) is 34.3 Å². The van der Waals surface area contributed by atoms with E-state index in [2.05, 4.69) is 106 Å². The highest BCUT2D eigenvalue weighted by Gasteiger charge is 2.34. The van der Waals surface area contributed by atoms with Crippen LogP contribution >= 0.6 is 0 Å². The maximum absolute atomic E-state index is 13.4. The van der Waals surface area contributed by atoms with Gasteiger partial charge in [-0.05, 0) is 227 Å². The topological polar surface area (TPSA) is 357 Å². The summed E-state index contributed by atoms with van der Waals surface area (Å²) in [5.41, 5.74) is 13.6. The molecule has 27 nitrogen and oxygen atoms in total. The molecule has 9 aromatic heterocycles. The van der Waals surface area contributed by atoms with Crippen LogP contribution in [0.1, 0.15) is 66.6 Å². The van der Waals surface area contributed by atoms with Gasteiger partial charge in [-0.3, -0.25) is 15.0 Å². The number of rotatable bonds is 22. The highest BCUT2D eigenvalue weighted by Crippen LogP contribution is 2.41. The predicted octanol–water partition coefficient (Wildman–Crippen LogP) is 26.2. The van der Waals surface area contributed by atoms with Gasteiger partial charge in [0.2, 0.25) is 34.9 Å². The fourth-order valence-electron chi connectivity index (χ4n) is 13.9. The van der Waals surface area contributed by atoms with E-state index in [0.29, 0.717) is 124 Å². The minimum absolute atomic E-state index is 0.0316. The van der Waals surface area contributed by atoms with E-state index in [1.54, 1.807) is 85.5 Å². The van der Waals surface area contributed by atoms with Crippen molar-refractivity contribution in [2.24, 2.45) is 0 Å². The quantitative estimate of drug-likeness (QED) is 0.0569. The SMILES string of the molecule is CCOc1ccc(-c2nc(-c3ccccc3)no2)cc1OCC.CCOc1ccc(-c2nc(-c3ccccc3C)no2)cc1OCC.Cc1cc(-c2nc(-c3ccncc3)no2)ccc1C#N.Cc1ccccc1-c1noc(-c2cc(-c3ccccc3)cc(C(F)(F)F)c2)n1.N#Cc1cc(-c2nc(-c3ccncc3)no2)cc(C(F)(F)F)c1.c1ccc(-c2cccc(-c3nc(-c4ccncc4)no3)c2)cc1. The lowest BCUT2D eigenvalue weighted by Crippen LogP contribution is -2.05. The zero-order valence-electron chi connectivity index (χ0n) is 76.5. The molecule has 0 bridgehead atoms. The Hall–Kier alpha value is -18.5. The predicted molar refractivity (Wildman–Crippen MR) is 514 cm³/mol. The van der Waals surface area contributed by atoms with Crippen LogP contribution in [0.15, 0.2) is 356 Å². The second kappa shape index (κ2) is 46.1. The van der Waals surface area contributed by atoms with Gasteiger partial charge < -0.3 is 46.1 Å². The van der Waals surface area contributed by atoms with Crippen molar-refractivity contribution in [3.05, 3.63) is 367 Å². The van der Waals surface area contributed by atoms with Crippen molar-refractivity contribution in [2.45, 2.75) is 60.8 Å². The number of hydrogen-bond acceptors (Lipinski definition) is 27. The van der Waals surface area contributed by atoms with Crippen molar-refractivity contribution in [1.29, 1.82) is 10.5 Å². The summed E-state index contributed by atoms with van der Waals surface area (Å²) in [6.07, 6.45) is 0.776. The van der Waals surface area contributed by atoms with Crippen molar-refractivity contribution in [3.8, 4) is 194 Å². The summed E-state index contributed by atoms with van der Waals surface area (Å²) < 4.78 is 133. The molecular formula is C108H83F6N17O10. The molecule has 0 saturated heterocycles. The molecule has 141 heavy (non-hydrogen) atoms. The maximum Gasteiger partial charge on any atom is 0.416 e. The van der Waals surface area contributed by atoms with Gasteiger partial charge >= 0.3 is 12.4 Å². The largest absolute Gasteiger partial charge is 0.490 e. The molecule has 0 aliphatic heterocycles. The van der Waals surface area contributed by atoms with Gasteiger partial charge in [-0.2, -0.15) is 66.8 Å². The van der Waals surface area contributed by atoms with Crippen molar-refractivity contribution in [3.63, 3.8) is 0 Å². The Labute approximate surface area is 803 Å². The molecular weight excluding hydrogens is 1810 g/mol. The number of benzene rings is 11. The van der Waals surface area contributed by atoms with Crippen LogP contribution in [0.4, 0.5) is 26.3 Å². The minimum atomic E-state index is -4.57. The molecule has 0 saturated carbocycles. The van der Waals surface area contributed by atoms with Gasteiger partial charge in [0.15, 0.2) is 23.0 Å². The van der Waals surface area contributed by atoms with Crippen LogP contribution in [0.25, 0.3) is 159 Å². The van der Waals surface area contributed by atoms with E-state index in [1.807, 2.05) is 230 Å². The number of nitrogens with zero attached hydrogens (tertiary/aromatic N) is 17. The molecule has 11 aromatic carbocycles. The molecule has 0 N–H and O–H groups in total. The molecule has 0 spiro atoms. The Balaban J connectivity index is 0.000000128. The molecule has 0 aliphatic rings. The van der Waals surface area contributed by atoms with E-state index >= 15 is 0 Å². The Morgan fingerprint density at radius 1 is 0.255 bits per heavy atom. The number of aromatic nitrogens is 15. The average molecular weight is 1890 g/mol. The molecule has 702 valence electrons. The van der Waals surface area contributed by atoms with E-state index in [4.69, 9.17) is 56.6 Å². The van der Waals surface area contributed by atoms with Crippen LogP contribution in [-0.4, -0.2) is 102 Å². The number of ether oxygens (including phenoxy) is 4. The number of hydrogen-bond donors (Lipinski definition) is 0. The number of pyridine rings is 3. The smallest absolute Gasteiger partial charge is 0.416 e. The number of nitriles is 2. The van der Waals surface area contributed by atoms with Crippen LogP contribution in [0.2, 0.25) is 0 Å². The number of halogens is 6. The van der Waals surface area contributed by atoms with Crippen molar-refractivity contribution in [1.82, 2.24) is 75.8 Å². The molecule has 33 heteroatoms. The molecule has 20 aromatic rings. The molecule has 20 rings (SSSR count). The highest BCUT2D eigenvalue weighted by atomic mass is 19.4. The first-order valence-corrected chi connectivity index (χ1v) is 43.9. The Kier molecular flexibility index (Phi) is 31.7. The normalized spacial score (nSPS) is 10.8. The summed E-state index contributed by atoms with van der Waals surface area (Å²) in [7, 11) is 0. The van der Waals surface area contributed by atoms with Gasteiger partial charge in [0, 0.05) is 104 Å². The van der Waals surface area contributed by atoms with Crippen molar-refractivity contribution < 1.29 is 72.4 Å². The first-order chi connectivity index (χ1) is 68.6. The summed E-state index contributed by atoms with van der Waals surface area (Å²) in [4.78, 5) is 38.0. The molecule has 0 atom stereocenters. The Morgan fingerprint density at radius 3 is 0.950 bits per heavy atom. The van der Waals surface area contributed by atoms with E-state index < -0.39 is 23.5 Å². The molecule has 0 amide bonds. The van der Waals surface area contributed by atoms with Crippen molar-refractivity contribution >= 4 is 0 Å². The van der Waals surface area contributed by atoms with Crippen LogP contribution in [0.5, 0.6) is 23.0 Å². The summed E-state index contributed by atoms with van der Waals surface area (Å²) >= 11 is 0. The minimum Gasteiger partial charge on any atom is -0.490 e. The van der Waals surface area contributed by atoms with Crippen LogP contribution in [0.3, 0.4) is 0 Å². The van der Waals surface area contributed by atoms with Gasteiger partial charge in [0.05, 0.1) is 60.8 Å².